The Bertz CT molecular complexity index is 972. The zero-order valence-corrected chi connectivity index (χ0v) is 15.8. The van der Waals surface area contributed by atoms with Crippen LogP contribution in [0.5, 0.6) is 0 Å². The van der Waals surface area contributed by atoms with Gasteiger partial charge in [0.15, 0.2) is 15.9 Å². The van der Waals surface area contributed by atoms with Gasteiger partial charge in [-0.3, -0.25) is 14.2 Å². The number of imidazole rings is 1. The molecule has 0 aliphatic rings. The topological polar surface area (TPSA) is 110 Å². The first kappa shape index (κ1) is 17.6. The lowest BCUT2D eigenvalue weighted by atomic mass is 10.2. The molecule has 0 unspecified atom stereocenters. The van der Waals surface area contributed by atoms with Gasteiger partial charge < -0.3 is 10.3 Å². The fourth-order valence-electron chi connectivity index (χ4n) is 2.81. The summed E-state index contributed by atoms with van der Waals surface area (Å²) in [6.45, 7) is 2.83. The van der Waals surface area contributed by atoms with Crippen LogP contribution in [0, 0.1) is 0 Å². The molecular formula is C15H20BrN7O2. The predicted molar refractivity (Wildman–Crippen MR) is 96.5 cm³/mol. The van der Waals surface area contributed by atoms with Crippen molar-refractivity contribution in [2.75, 3.05) is 7.05 Å². The molecule has 0 saturated carbocycles. The van der Waals surface area contributed by atoms with Crippen molar-refractivity contribution >= 4 is 38.8 Å². The number of unbranched alkanes of at least 4 members (excludes halogenated alkanes) is 2. The van der Waals surface area contributed by atoms with E-state index in [9.17, 15) is 9.59 Å². The second-order valence-corrected chi connectivity index (χ2v) is 6.57. The Labute approximate surface area is 152 Å². The summed E-state index contributed by atoms with van der Waals surface area (Å²) < 4.78 is 3.88. The predicted octanol–water partition coefficient (Wildman–Crippen LogP) is 1.40. The number of hydrogen-bond donors (Lipinski definition) is 2. The van der Waals surface area contributed by atoms with Crippen molar-refractivity contribution in [2.24, 2.45) is 0 Å². The van der Waals surface area contributed by atoms with Crippen molar-refractivity contribution in [3.63, 3.8) is 0 Å². The number of aromatic amines is 1. The highest BCUT2D eigenvalue weighted by Crippen LogP contribution is 2.16. The van der Waals surface area contributed by atoms with Crippen LogP contribution in [0.25, 0.3) is 16.9 Å². The van der Waals surface area contributed by atoms with Gasteiger partial charge >= 0.3 is 0 Å². The van der Waals surface area contributed by atoms with Crippen LogP contribution in [-0.2, 0) is 17.8 Å². The molecule has 9 nitrogen and oxygen atoms in total. The van der Waals surface area contributed by atoms with Crippen molar-refractivity contribution in [3.8, 4) is 0 Å². The van der Waals surface area contributed by atoms with Crippen LogP contribution in [0.15, 0.2) is 9.53 Å². The monoisotopic (exact) mass is 409 g/mol. The molecule has 3 heterocycles. The molecule has 0 aromatic carbocycles. The summed E-state index contributed by atoms with van der Waals surface area (Å²) in [6, 6.07) is 0. The van der Waals surface area contributed by atoms with Gasteiger partial charge in [0, 0.05) is 26.4 Å². The maximum atomic E-state index is 12.9. The number of halogens is 1. The van der Waals surface area contributed by atoms with Gasteiger partial charge in [0.25, 0.3) is 5.56 Å². The Balaban J connectivity index is 2.13. The first-order valence-electron chi connectivity index (χ1n) is 8.29. The summed E-state index contributed by atoms with van der Waals surface area (Å²) in [5.74, 6) is 0.824. The average molecular weight is 410 g/mol. The molecule has 0 aliphatic heterocycles. The van der Waals surface area contributed by atoms with E-state index in [1.807, 2.05) is 4.57 Å². The number of fused-ring (bicyclic) bond motifs is 2. The highest BCUT2D eigenvalue weighted by atomic mass is 79.9. The van der Waals surface area contributed by atoms with Crippen LogP contribution >= 0.6 is 15.9 Å². The third-order valence-electron chi connectivity index (χ3n) is 4.12. The van der Waals surface area contributed by atoms with E-state index < -0.39 is 0 Å². The number of H-pyrrole nitrogens is 1. The van der Waals surface area contributed by atoms with Gasteiger partial charge in [-0.15, -0.1) is 10.2 Å². The molecule has 0 aliphatic carbocycles. The minimum absolute atomic E-state index is 0.106. The van der Waals surface area contributed by atoms with Crippen molar-refractivity contribution < 1.29 is 4.79 Å². The Morgan fingerprint density at radius 3 is 2.84 bits per heavy atom. The minimum atomic E-state index is -0.258. The lowest BCUT2D eigenvalue weighted by Crippen LogP contribution is -2.23. The summed E-state index contributed by atoms with van der Waals surface area (Å²) in [5.41, 5.74) is 0.703. The zero-order chi connectivity index (χ0) is 18.0. The smallest absolute Gasteiger partial charge is 0.286 e. The molecule has 0 radical (unpaired) electrons. The molecule has 3 aromatic heterocycles. The SMILES string of the molecule is CCCCCn1c2nc(Br)[nH]c2c(=O)n2c(CCC(=O)NC)nnc12. The van der Waals surface area contributed by atoms with Crippen LogP contribution in [-0.4, -0.2) is 42.1 Å². The Kier molecular flexibility index (Phi) is 5.16. The second-order valence-electron chi connectivity index (χ2n) is 5.81. The average Bonchev–Trinajstić information content (AvgIpc) is 3.19. The number of aromatic nitrogens is 6. The number of nitrogens with zero attached hydrogens (tertiary/aromatic N) is 5. The Morgan fingerprint density at radius 1 is 1.32 bits per heavy atom. The molecule has 10 heteroatoms. The van der Waals surface area contributed by atoms with E-state index in [0.29, 0.717) is 40.5 Å². The van der Waals surface area contributed by atoms with Gasteiger partial charge in [-0.25, -0.2) is 9.38 Å². The summed E-state index contributed by atoms with van der Waals surface area (Å²) in [5, 5.41) is 10.9. The third-order valence-corrected chi connectivity index (χ3v) is 4.50. The number of hydrogen-bond acceptors (Lipinski definition) is 5. The van der Waals surface area contributed by atoms with E-state index in [1.54, 1.807) is 7.05 Å². The number of aryl methyl sites for hydroxylation is 2. The number of rotatable bonds is 7. The third kappa shape index (κ3) is 3.30. The quantitative estimate of drug-likeness (QED) is 0.452. The molecule has 0 spiro atoms. The van der Waals surface area contributed by atoms with E-state index >= 15 is 0 Å². The van der Waals surface area contributed by atoms with Crippen LogP contribution < -0.4 is 10.9 Å². The molecule has 25 heavy (non-hydrogen) atoms. The molecule has 3 aromatic rings. The number of amides is 1. The van der Waals surface area contributed by atoms with Crippen LogP contribution in [0.1, 0.15) is 38.4 Å². The molecule has 1 amide bonds. The highest BCUT2D eigenvalue weighted by Gasteiger charge is 2.19. The molecule has 0 bridgehead atoms. The minimum Gasteiger partial charge on any atom is -0.359 e. The first-order valence-corrected chi connectivity index (χ1v) is 9.08. The molecular weight excluding hydrogens is 390 g/mol. The number of carbonyl (C=O) groups is 1. The van der Waals surface area contributed by atoms with Gasteiger partial charge in [0.1, 0.15) is 5.82 Å². The van der Waals surface area contributed by atoms with Gasteiger partial charge in [0.2, 0.25) is 11.7 Å². The first-order chi connectivity index (χ1) is 12.1. The molecule has 2 N–H and O–H groups in total. The lowest BCUT2D eigenvalue weighted by Gasteiger charge is -2.09. The second kappa shape index (κ2) is 7.34. The maximum Gasteiger partial charge on any atom is 0.286 e. The van der Waals surface area contributed by atoms with Gasteiger partial charge in [-0.05, 0) is 22.4 Å². The van der Waals surface area contributed by atoms with E-state index in [0.717, 1.165) is 19.3 Å². The molecule has 0 atom stereocenters. The van der Waals surface area contributed by atoms with Crippen LogP contribution in [0.2, 0.25) is 0 Å². The standard InChI is InChI=1S/C15H20BrN7O2/c1-3-4-5-8-22-12-11(18-14(16)19-12)13(25)23-9(20-21-15(22)23)6-7-10(24)17-2/h3-8H2,1-2H3,(H,17,24)(H,18,19). The Morgan fingerprint density at radius 2 is 2.12 bits per heavy atom. The summed E-state index contributed by atoms with van der Waals surface area (Å²) in [6.07, 6.45) is 3.70. The number of nitrogens with one attached hydrogen (secondary N) is 2. The summed E-state index contributed by atoms with van der Waals surface area (Å²) in [4.78, 5) is 31.7. The summed E-state index contributed by atoms with van der Waals surface area (Å²) in [7, 11) is 1.58. The van der Waals surface area contributed by atoms with Crippen molar-refractivity contribution in [3.05, 3.63) is 20.9 Å². The van der Waals surface area contributed by atoms with Gasteiger partial charge in [0.05, 0.1) is 0 Å². The van der Waals surface area contributed by atoms with Crippen molar-refractivity contribution in [2.45, 2.75) is 45.6 Å². The largest absolute Gasteiger partial charge is 0.359 e. The highest BCUT2D eigenvalue weighted by molar-refractivity contribution is 9.10. The van der Waals surface area contributed by atoms with Gasteiger partial charge in [-0.1, -0.05) is 19.8 Å². The molecule has 0 saturated heterocycles. The van der Waals surface area contributed by atoms with Crippen LogP contribution in [0.4, 0.5) is 0 Å². The van der Waals surface area contributed by atoms with Crippen molar-refractivity contribution in [1.29, 1.82) is 0 Å². The van der Waals surface area contributed by atoms with E-state index in [2.05, 4.69) is 48.3 Å². The van der Waals surface area contributed by atoms with Crippen molar-refractivity contribution in [1.82, 2.24) is 34.4 Å². The van der Waals surface area contributed by atoms with E-state index in [4.69, 9.17) is 0 Å². The van der Waals surface area contributed by atoms with E-state index in [1.165, 1.54) is 4.40 Å². The lowest BCUT2D eigenvalue weighted by molar-refractivity contribution is -0.120. The fraction of sp³-hybridized carbons (Fsp3) is 0.533. The van der Waals surface area contributed by atoms with Crippen LogP contribution in [0.3, 0.4) is 0 Å². The molecule has 0 fully saturated rings. The van der Waals surface area contributed by atoms with Gasteiger partial charge in [-0.2, -0.15) is 0 Å². The normalized spacial score (nSPS) is 11.5. The molecule has 134 valence electrons. The fourth-order valence-corrected chi connectivity index (χ4v) is 3.18. The zero-order valence-electron chi connectivity index (χ0n) is 14.2. The summed E-state index contributed by atoms with van der Waals surface area (Å²) >= 11 is 3.30. The molecule has 3 rings (SSSR count). The van der Waals surface area contributed by atoms with E-state index in [-0.39, 0.29) is 17.9 Å². The Hall–Kier alpha value is -2.23. The number of carbonyl (C=O) groups excluding carboxylic acids is 1. The maximum absolute atomic E-state index is 12.9.